The normalized spacial score (nSPS) is 26.8. The standard InChI is InChI=1S/C6H13N3O2/c7-5(4-9(10)11)6-2-1-3-8-6/h5-6,8H,1-4,7H2. The number of hydrogen-bond donors (Lipinski definition) is 2. The first kappa shape index (κ1) is 8.42. The summed E-state index contributed by atoms with van der Waals surface area (Å²) < 4.78 is 0. The van der Waals surface area contributed by atoms with E-state index in [0.29, 0.717) is 0 Å². The fourth-order valence-corrected chi connectivity index (χ4v) is 1.38. The van der Waals surface area contributed by atoms with Crippen molar-refractivity contribution in [2.75, 3.05) is 13.1 Å². The molecule has 0 aromatic rings. The minimum absolute atomic E-state index is 0.127. The molecule has 2 atom stereocenters. The first-order valence-corrected chi connectivity index (χ1v) is 3.81. The summed E-state index contributed by atoms with van der Waals surface area (Å²) in [5, 5.41) is 13.2. The molecule has 0 spiro atoms. The van der Waals surface area contributed by atoms with Gasteiger partial charge < -0.3 is 11.1 Å². The summed E-state index contributed by atoms with van der Waals surface area (Å²) in [7, 11) is 0. The van der Waals surface area contributed by atoms with Crippen molar-refractivity contribution in [1.29, 1.82) is 0 Å². The van der Waals surface area contributed by atoms with E-state index in [0.717, 1.165) is 19.4 Å². The Kier molecular flexibility index (Phi) is 2.78. The van der Waals surface area contributed by atoms with Gasteiger partial charge in [0.2, 0.25) is 6.54 Å². The van der Waals surface area contributed by atoms with Gasteiger partial charge in [0, 0.05) is 11.0 Å². The zero-order chi connectivity index (χ0) is 8.27. The molecule has 2 unspecified atom stereocenters. The lowest BCUT2D eigenvalue weighted by Crippen LogP contribution is -2.45. The summed E-state index contributed by atoms with van der Waals surface area (Å²) in [6, 6.07) is -0.173. The number of nitrogens with one attached hydrogen (secondary N) is 1. The van der Waals surface area contributed by atoms with E-state index in [9.17, 15) is 10.1 Å². The molecule has 5 heteroatoms. The molecule has 0 aliphatic carbocycles. The molecular formula is C6H13N3O2. The SMILES string of the molecule is NC(C[N+](=O)[O-])C1CCCN1. The molecule has 0 amide bonds. The summed E-state index contributed by atoms with van der Waals surface area (Å²) in [5.74, 6) is 0. The average molecular weight is 159 g/mol. The van der Waals surface area contributed by atoms with Gasteiger partial charge in [-0.25, -0.2) is 0 Å². The summed E-state index contributed by atoms with van der Waals surface area (Å²) in [5.41, 5.74) is 5.58. The van der Waals surface area contributed by atoms with Gasteiger partial charge in [0.05, 0.1) is 6.04 Å². The monoisotopic (exact) mass is 159 g/mol. The minimum Gasteiger partial charge on any atom is -0.321 e. The Morgan fingerprint density at radius 2 is 2.55 bits per heavy atom. The molecule has 1 aliphatic rings. The van der Waals surface area contributed by atoms with Gasteiger partial charge in [0.1, 0.15) is 0 Å². The molecule has 11 heavy (non-hydrogen) atoms. The Morgan fingerprint density at radius 3 is 3.00 bits per heavy atom. The third kappa shape index (κ3) is 2.44. The highest BCUT2D eigenvalue weighted by Gasteiger charge is 2.24. The number of nitrogens with zero attached hydrogens (tertiary/aromatic N) is 1. The number of rotatable bonds is 3. The van der Waals surface area contributed by atoms with Crippen molar-refractivity contribution in [3.05, 3.63) is 10.1 Å². The fourth-order valence-electron chi connectivity index (χ4n) is 1.38. The van der Waals surface area contributed by atoms with Crippen molar-refractivity contribution in [1.82, 2.24) is 5.32 Å². The smallest absolute Gasteiger partial charge is 0.220 e. The molecule has 0 aromatic carbocycles. The molecule has 0 saturated carbocycles. The van der Waals surface area contributed by atoms with Crippen LogP contribution in [0.1, 0.15) is 12.8 Å². The second kappa shape index (κ2) is 3.64. The number of nitrogens with two attached hydrogens (primary N) is 1. The molecule has 1 heterocycles. The molecular weight excluding hydrogens is 146 g/mol. The number of nitro groups is 1. The Labute approximate surface area is 65.1 Å². The summed E-state index contributed by atoms with van der Waals surface area (Å²) in [4.78, 5) is 9.71. The Morgan fingerprint density at radius 1 is 1.82 bits per heavy atom. The molecule has 0 radical (unpaired) electrons. The van der Waals surface area contributed by atoms with Crippen LogP contribution in [0.5, 0.6) is 0 Å². The molecule has 3 N–H and O–H groups in total. The summed E-state index contributed by atoms with van der Waals surface area (Å²) in [6.45, 7) is 0.813. The van der Waals surface area contributed by atoms with E-state index >= 15 is 0 Å². The van der Waals surface area contributed by atoms with Crippen LogP contribution in [0.25, 0.3) is 0 Å². The maximum atomic E-state index is 10.1. The predicted molar refractivity (Wildman–Crippen MR) is 40.9 cm³/mol. The van der Waals surface area contributed by atoms with Gasteiger partial charge in [-0.2, -0.15) is 0 Å². The Balaban J connectivity index is 2.28. The van der Waals surface area contributed by atoms with Crippen LogP contribution >= 0.6 is 0 Å². The van der Waals surface area contributed by atoms with Crippen molar-refractivity contribution in [3.8, 4) is 0 Å². The lowest BCUT2D eigenvalue weighted by molar-refractivity contribution is -0.483. The maximum absolute atomic E-state index is 10.1. The van der Waals surface area contributed by atoms with Crippen molar-refractivity contribution in [3.63, 3.8) is 0 Å². The maximum Gasteiger partial charge on any atom is 0.220 e. The van der Waals surface area contributed by atoms with E-state index in [1.807, 2.05) is 0 Å². The van der Waals surface area contributed by atoms with Crippen LogP contribution in [0.15, 0.2) is 0 Å². The van der Waals surface area contributed by atoms with Crippen LogP contribution in [-0.2, 0) is 0 Å². The van der Waals surface area contributed by atoms with Gasteiger partial charge in [0.15, 0.2) is 0 Å². The van der Waals surface area contributed by atoms with Gasteiger partial charge in [-0.15, -0.1) is 0 Å². The molecule has 1 rings (SSSR count). The van der Waals surface area contributed by atoms with Crippen LogP contribution in [0.3, 0.4) is 0 Å². The average Bonchev–Trinajstić information content (AvgIpc) is 2.35. The Hall–Kier alpha value is -0.680. The first-order valence-electron chi connectivity index (χ1n) is 3.81. The van der Waals surface area contributed by atoms with Crippen LogP contribution in [0, 0.1) is 10.1 Å². The Bertz CT molecular complexity index is 145. The predicted octanol–water partition coefficient (Wildman–Crippen LogP) is -0.658. The van der Waals surface area contributed by atoms with Crippen molar-refractivity contribution in [2.45, 2.75) is 24.9 Å². The van der Waals surface area contributed by atoms with E-state index < -0.39 is 0 Å². The van der Waals surface area contributed by atoms with E-state index in [1.54, 1.807) is 0 Å². The molecule has 1 fully saturated rings. The highest BCUT2D eigenvalue weighted by Crippen LogP contribution is 2.07. The molecule has 1 aliphatic heterocycles. The van der Waals surface area contributed by atoms with Gasteiger partial charge >= 0.3 is 0 Å². The fraction of sp³-hybridized carbons (Fsp3) is 1.00. The van der Waals surface area contributed by atoms with E-state index in [4.69, 9.17) is 5.73 Å². The molecule has 1 saturated heterocycles. The summed E-state index contributed by atoms with van der Waals surface area (Å²) >= 11 is 0. The van der Waals surface area contributed by atoms with E-state index in [2.05, 4.69) is 5.32 Å². The zero-order valence-electron chi connectivity index (χ0n) is 6.32. The van der Waals surface area contributed by atoms with Gasteiger partial charge in [0.25, 0.3) is 0 Å². The topological polar surface area (TPSA) is 81.2 Å². The van der Waals surface area contributed by atoms with Crippen LogP contribution in [0.2, 0.25) is 0 Å². The van der Waals surface area contributed by atoms with Gasteiger partial charge in [-0.1, -0.05) is 0 Å². The van der Waals surface area contributed by atoms with Crippen LogP contribution in [0.4, 0.5) is 0 Å². The molecule has 5 nitrogen and oxygen atoms in total. The molecule has 0 bridgehead atoms. The van der Waals surface area contributed by atoms with Crippen molar-refractivity contribution >= 4 is 0 Å². The third-order valence-corrected chi connectivity index (χ3v) is 1.98. The van der Waals surface area contributed by atoms with Gasteiger partial charge in [-0.05, 0) is 19.4 Å². The highest BCUT2D eigenvalue weighted by molar-refractivity contribution is 4.83. The quantitative estimate of drug-likeness (QED) is 0.423. The number of hydrogen-bond acceptors (Lipinski definition) is 4. The van der Waals surface area contributed by atoms with Gasteiger partial charge in [-0.3, -0.25) is 10.1 Å². The van der Waals surface area contributed by atoms with Crippen LogP contribution in [-0.4, -0.2) is 30.1 Å². The highest BCUT2D eigenvalue weighted by atomic mass is 16.6. The largest absolute Gasteiger partial charge is 0.321 e. The zero-order valence-corrected chi connectivity index (χ0v) is 6.32. The van der Waals surface area contributed by atoms with Crippen molar-refractivity contribution < 1.29 is 4.92 Å². The minimum atomic E-state index is -0.356. The summed E-state index contributed by atoms with van der Waals surface area (Å²) in [6.07, 6.45) is 2.05. The van der Waals surface area contributed by atoms with Crippen LogP contribution < -0.4 is 11.1 Å². The lowest BCUT2D eigenvalue weighted by atomic mass is 10.1. The molecule has 0 aromatic heterocycles. The second-order valence-corrected chi connectivity index (χ2v) is 2.88. The van der Waals surface area contributed by atoms with E-state index in [1.165, 1.54) is 0 Å². The first-order chi connectivity index (χ1) is 5.20. The second-order valence-electron chi connectivity index (χ2n) is 2.88. The lowest BCUT2D eigenvalue weighted by Gasteiger charge is -2.14. The van der Waals surface area contributed by atoms with Crippen molar-refractivity contribution in [2.24, 2.45) is 5.73 Å². The third-order valence-electron chi connectivity index (χ3n) is 1.98. The van der Waals surface area contributed by atoms with E-state index in [-0.39, 0.29) is 23.6 Å². The molecule has 64 valence electrons.